The molecule has 0 bridgehead atoms. The minimum atomic E-state index is 0. The summed E-state index contributed by atoms with van der Waals surface area (Å²) in [7, 11) is 0. The molecule has 0 fully saturated rings. The van der Waals surface area contributed by atoms with Gasteiger partial charge in [-0.15, -0.1) is 24.8 Å². The van der Waals surface area contributed by atoms with Crippen LogP contribution in [0.4, 0.5) is 0 Å². The van der Waals surface area contributed by atoms with Crippen molar-refractivity contribution in [2.24, 2.45) is 0 Å². The Bertz CT molecular complexity index is 973. The van der Waals surface area contributed by atoms with Crippen molar-refractivity contribution in [2.45, 2.75) is 12.3 Å². The Morgan fingerprint density at radius 3 is 2.22 bits per heavy atom. The number of rotatable bonds is 1. The zero-order valence-corrected chi connectivity index (χ0v) is 16.8. The molecule has 0 saturated heterocycles. The van der Waals surface area contributed by atoms with Gasteiger partial charge in [-0.3, -0.25) is 0 Å². The Hall–Kier alpha value is -0.877. The van der Waals surface area contributed by atoms with Crippen molar-refractivity contribution in [3.63, 3.8) is 0 Å². The first-order valence-corrected chi connectivity index (χ1v) is 8.46. The first kappa shape index (κ1) is 18.5. The largest absolute Gasteiger partial charge is 0.147 e. The Balaban J connectivity index is 0.000000960. The Morgan fingerprint density at radius 1 is 0.783 bits per heavy atom. The van der Waals surface area contributed by atoms with Gasteiger partial charge in [0.2, 0.25) is 0 Å². The van der Waals surface area contributed by atoms with E-state index >= 15 is 0 Å². The molecule has 0 nitrogen and oxygen atoms in total. The Kier molecular flexibility index (Phi) is 5.57. The summed E-state index contributed by atoms with van der Waals surface area (Å²) in [6.07, 6.45) is 2.44. The number of hydrogen-bond acceptors (Lipinski definition) is 0. The minimum Gasteiger partial charge on any atom is -0.147 e. The van der Waals surface area contributed by atoms with Gasteiger partial charge in [-0.05, 0) is 0 Å². The van der Waals surface area contributed by atoms with Crippen LogP contribution in [0.3, 0.4) is 0 Å². The third-order valence-corrected chi connectivity index (χ3v) is 6.48. The molecule has 0 saturated carbocycles. The second-order valence-electron chi connectivity index (χ2n) is 5.84. The molecule has 1 aliphatic rings. The summed E-state index contributed by atoms with van der Waals surface area (Å²) in [5.41, 5.74) is 1.44. The Morgan fingerprint density at radius 2 is 1.43 bits per heavy atom. The topological polar surface area (TPSA) is 0 Å². The standard InChI is InChI=1S/C20H15.2ClH.Zr/c1-20(13-16-8-2-3-9-17(16)14-20)19-12-6-10-15-7-4-5-11-18(15)19;;;/h2-13H,1H3;2*1H;. The molecule has 3 aromatic carbocycles. The van der Waals surface area contributed by atoms with Gasteiger partial charge in [-0.1, -0.05) is 0 Å². The summed E-state index contributed by atoms with van der Waals surface area (Å²) in [5.74, 6) is 0. The summed E-state index contributed by atoms with van der Waals surface area (Å²) >= 11 is 1.50. The monoisotopic (exact) mass is 417 g/mol. The summed E-state index contributed by atoms with van der Waals surface area (Å²) in [5, 5.41) is 5.49. The van der Waals surface area contributed by atoms with E-state index in [0.717, 1.165) is 0 Å². The smallest absolute Gasteiger partial charge is 0.147 e. The fourth-order valence-electron chi connectivity index (χ4n) is 3.40. The van der Waals surface area contributed by atoms with Crippen LogP contribution in [0.1, 0.15) is 12.5 Å². The molecule has 0 radical (unpaired) electrons. The van der Waals surface area contributed by atoms with Crippen LogP contribution in [0.5, 0.6) is 0 Å². The normalized spacial score (nSPS) is 18.5. The minimum absolute atomic E-state index is 0. The van der Waals surface area contributed by atoms with E-state index in [1.807, 2.05) is 0 Å². The number of fused-ring (bicyclic) bond motifs is 2. The van der Waals surface area contributed by atoms with E-state index in [4.69, 9.17) is 0 Å². The SMILES string of the molecule is CC1(c2cccc3ccccc23)C=c2ccccc2=[C]1[Zr].Cl.Cl. The average molecular weight is 419 g/mol. The first-order valence-electron chi connectivity index (χ1n) is 7.23. The molecule has 115 valence electrons. The van der Waals surface area contributed by atoms with Crippen molar-refractivity contribution in [1.29, 1.82) is 0 Å². The summed E-state index contributed by atoms with van der Waals surface area (Å²) in [4.78, 5) is 0. The van der Waals surface area contributed by atoms with Crippen molar-refractivity contribution in [3.8, 4) is 0 Å². The van der Waals surface area contributed by atoms with Crippen molar-refractivity contribution < 1.29 is 24.7 Å². The predicted molar refractivity (Wildman–Crippen MR) is 99.4 cm³/mol. The van der Waals surface area contributed by atoms with Crippen molar-refractivity contribution >= 4 is 44.9 Å². The van der Waals surface area contributed by atoms with Crippen molar-refractivity contribution in [2.75, 3.05) is 0 Å². The van der Waals surface area contributed by atoms with Crippen LogP contribution in [0, 0.1) is 0 Å². The molecule has 0 aromatic heterocycles. The van der Waals surface area contributed by atoms with Gasteiger partial charge in [0.05, 0.1) is 0 Å². The molecule has 0 spiro atoms. The van der Waals surface area contributed by atoms with E-state index in [0.29, 0.717) is 0 Å². The van der Waals surface area contributed by atoms with Crippen LogP contribution in [0.2, 0.25) is 0 Å². The summed E-state index contributed by atoms with van der Waals surface area (Å²) < 4.78 is 1.53. The van der Waals surface area contributed by atoms with Gasteiger partial charge in [-0.2, -0.15) is 0 Å². The van der Waals surface area contributed by atoms with Crippen LogP contribution in [0.25, 0.3) is 20.1 Å². The van der Waals surface area contributed by atoms with Crippen LogP contribution >= 0.6 is 24.8 Å². The molecule has 0 amide bonds. The Labute approximate surface area is 164 Å². The first-order chi connectivity index (χ1) is 10.2. The van der Waals surface area contributed by atoms with Crippen LogP contribution in [-0.4, -0.2) is 0 Å². The molecule has 23 heavy (non-hydrogen) atoms. The van der Waals surface area contributed by atoms with Gasteiger partial charge < -0.3 is 0 Å². The fourth-order valence-corrected chi connectivity index (χ4v) is 4.47. The molecule has 0 N–H and O–H groups in total. The maximum absolute atomic E-state index is 2.44. The number of benzene rings is 3. The molecule has 1 aliphatic carbocycles. The predicted octanol–water partition coefficient (Wildman–Crippen LogP) is 4.09. The zero-order chi connectivity index (χ0) is 14.4. The fraction of sp³-hybridized carbons (Fsp3) is 0.100. The zero-order valence-electron chi connectivity index (χ0n) is 12.7. The maximum Gasteiger partial charge on any atom is -0.147 e. The third-order valence-electron chi connectivity index (χ3n) is 4.54. The molecular weight excluding hydrogens is 402 g/mol. The molecule has 3 aromatic rings. The van der Waals surface area contributed by atoms with Gasteiger partial charge in [0.25, 0.3) is 0 Å². The molecule has 1 atom stereocenters. The second-order valence-corrected chi connectivity index (χ2v) is 7.06. The van der Waals surface area contributed by atoms with Crippen LogP contribution in [-0.2, 0) is 30.1 Å². The number of halogens is 2. The molecular formula is C20H17Cl2Zr. The van der Waals surface area contributed by atoms with E-state index in [1.54, 1.807) is 0 Å². The molecule has 1 unspecified atom stereocenters. The summed E-state index contributed by atoms with van der Waals surface area (Å²) in [6, 6.07) is 24.1. The van der Waals surface area contributed by atoms with Gasteiger partial charge >= 0.3 is 140 Å². The van der Waals surface area contributed by atoms with Crippen LogP contribution < -0.4 is 10.4 Å². The molecule has 3 heteroatoms. The van der Waals surface area contributed by atoms with E-state index in [1.165, 1.54) is 54.8 Å². The quantitative estimate of drug-likeness (QED) is 0.557. The van der Waals surface area contributed by atoms with E-state index < -0.39 is 0 Å². The molecule has 0 heterocycles. The van der Waals surface area contributed by atoms with Gasteiger partial charge in [0, 0.05) is 0 Å². The van der Waals surface area contributed by atoms with Crippen molar-refractivity contribution in [3.05, 3.63) is 82.7 Å². The maximum atomic E-state index is 2.44. The summed E-state index contributed by atoms with van der Waals surface area (Å²) in [6.45, 7) is 2.36. The average Bonchev–Trinajstić information content (AvgIpc) is 2.79. The van der Waals surface area contributed by atoms with E-state index in [9.17, 15) is 0 Å². The van der Waals surface area contributed by atoms with Gasteiger partial charge in [-0.25, -0.2) is 0 Å². The van der Waals surface area contributed by atoms with Crippen LogP contribution in [0.15, 0.2) is 66.7 Å². The second kappa shape index (κ2) is 6.93. The van der Waals surface area contributed by atoms with E-state index in [2.05, 4.69) is 79.7 Å². The third kappa shape index (κ3) is 2.84. The molecule has 4 rings (SSSR count). The number of hydrogen-bond donors (Lipinski definition) is 0. The van der Waals surface area contributed by atoms with E-state index in [-0.39, 0.29) is 30.2 Å². The van der Waals surface area contributed by atoms with Crippen molar-refractivity contribution in [1.82, 2.24) is 0 Å². The molecule has 0 aliphatic heterocycles. The van der Waals surface area contributed by atoms with Gasteiger partial charge in [0.1, 0.15) is 0 Å². The van der Waals surface area contributed by atoms with Gasteiger partial charge in [0.15, 0.2) is 0 Å².